The molecule has 6 heteroatoms. The summed E-state index contributed by atoms with van der Waals surface area (Å²) in [7, 11) is 1.66. The van der Waals surface area contributed by atoms with Crippen LogP contribution < -0.4 is 10.1 Å². The molecule has 0 fully saturated rings. The highest BCUT2D eigenvalue weighted by Crippen LogP contribution is 2.24. The van der Waals surface area contributed by atoms with E-state index < -0.39 is 0 Å². The Morgan fingerprint density at radius 2 is 2.31 bits per heavy atom. The van der Waals surface area contributed by atoms with Crippen molar-refractivity contribution in [3.63, 3.8) is 0 Å². The number of nitrogens with zero attached hydrogens (tertiary/aromatic N) is 3. The average Bonchev–Trinajstić information content (AvgIpc) is 3.00. The van der Waals surface area contributed by atoms with E-state index in [0.29, 0.717) is 18.8 Å². The summed E-state index contributed by atoms with van der Waals surface area (Å²) < 4.78 is 7.28. The normalized spacial score (nSPS) is 13.9. The van der Waals surface area contributed by atoms with Gasteiger partial charge < -0.3 is 10.1 Å². The third-order valence-electron chi connectivity index (χ3n) is 4.62. The number of aromatic nitrogens is 2. The Balaban J connectivity index is 1.94. The fourth-order valence-electron chi connectivity index (χ4n) is 3.39. The van der Waals surface area contributed by atoms with Gasteiger partial charge in [0.15, 0.2) is 5.69 Å². The topological polar surface area (TPSA) is 59.4 Å². The van der Waals surface area contributed by atoms with E-state index in [9.17, 15) is 4.79 Å². The van der Waals surface area contributed by atoms with Gasteiger partial charge in [0.1, 0.15) is 5.75 Å². The first kappa shape index (κ1) is 18.2. The lowest BCUT2D eigenvalue weighted by Gasteiger charge is -2.26. The van der Waals surface area contributed by atoms with Crippen molar-refractivity contribution in [1.29, 1.82) is 0 Å². The lowest BCUT2D eigenvalue weighted by molar-refractivity contribution is 0.0948. The van der Waals surface area contributed by atoms with Crippen LogP contribution in [0.15, 0.2) is 36.9 Å². The van der Waals surface area contributed by atoms with E-state index >= 15 is 0 Å². The van der Waals surface area contributed by atoms with Gasteiger partial charge in [-0.2, -0.15) is 5.10 Å². The minimum absolute atomic E-state index is 0.103. The summed E-state index contributed by atoms with van der Waals surface area (Å²) in [4.78, 5) is 14.8. The third kappa shape index (κ3) is 3.80. The Bertz CT molecular complexity index is 797. The largest absolute Gasteiger partial charge is 0.497 e. The average molecular weight is 354 g/mol. The lowest BCUT2D eigenvalue weighted by Crippen LogP contribution is -2.32. The molecule has 6 nitrogen and oxygen atoms in total. The Kier molecular flexibility index (Phi) is 5.73. The lowest BCUT2D eigenvalue weighted by atomic mass is 10.0. The Labute approximate surface area is 154 Å². The number of rotatable bonds is 7. The first-order valence-corrected chi connectivity index (χ1v) is 8.99. The highest BCUT2D eigenvalue weighted by Gasteiger charge is 2.27. The van der Waals surface area contributed by atoms with Crippen LogP contribution in [0.2, 0.25) is 0 Å². The molecule has 0 saturated carbocycles. The van der Waals surface area contributed by atoms with Gasteiger partial charge in [0.2, 0.25) is 0 Å². The van der Waals surface area contributed by atoms with Gasteiger partial charge in [0.25, 0.3) is 5.91 Å². The maximum atomic E-state index is 12.5. The maximum absolute atomic E-state index is 12.5. The number of nitrogens with one attached hydrogen (secondary N) is 1. The fraction of sp³-hybridized carbons (Fsp3) is 0.400. The molecule has 138 valence electrons. The molecule has 0 spiro atoms. The van der Waals surface area contributed by atoms with Gasteiger partial charge >= 0.3 is 0 Å². The van der Waals surface area contributed by atoms with Gasteiger partial charge in [-0.3, -0.25) is 14.4 Å². The molecule has 1 aromatic heterocycles. The van der Waals surface area contributed by atoms with E-state index in [4.69, 9.17) is 4.74 Å². The summed E-state index contributed by atoms with van der Waals surface area (Å²) in [6, 6.07) is 7.96. The number of amides is 1. The van der Waals surface area contributed by atoms with Gasteiger partial charge in [-0.25, -0.2) is 0 Å². The van der Waals surface area contributed by atoms with Gasteiger partial charge in [0.05, 0.1) is 13.7 Å². The number of carbonyl (C=O) groups excluding carboxylic acids is 1. The molecule has 1 aromatic carbocycles. The van der Waals surface area contributed by atoms with Crippen LogP contribution >= 0.6 is 0 Å². The van der Waals surface area contributed by atoms with Crippen LogP contribution in [0.4, 0.5) is 0 Å². The molecular formula is C20H26N4O2. The van der Waals surface area contributed by atoms with Crippen LogP contribution in [0.3, 0.4) is 0 Å². The molecule has 1 amide bonds. The number of hydrogen-bond donors (Lipinski definition) is 1. The Morgan fingerprint density at radius 3 is 3.04 bits per heavy atom. The zero-order valence-electron chi connectivity index (χ0n) is 15.5. The SMILES string of the molecule is C=CCN1CCc2c(c(C(=O)NCC)nn2Cc2cccc(OC)c2)C1. The second-order valence-corrected chi connectivity index (χ2v) is 6.42. The molecule has 1 aliphatic heterocycles. The Morgan fingerprint density at radius 1 is 1.46 bits per heavy atom. The zero-order chi connectivity index (χ0) is 18.5. The van der Waals surface area contributed by atoms with Crippen molar-refractivity contribution in [3.05, 3.63) is 59.4 Å². The standard InChI is InChI=1S/C20H26N4O2/c1-4-10-23-11-9-18-17(14-23)19(20(25)21-5-2)22-24(18)13-15-7-6-8-16(12-15)26-3/h4,6-8,12H,1,5,9-11,13-14H2,2-3H3,(H,21,25). The maximum Gasteiger partial charge on any atom is 0.272 e. The van der Waals surface area contributed by atoms with E-state index in [1.807, 2.05) is 35.9 Å². The van der Waals surface area contributed by atoms with Crippen LogP contribution in [-0.2, 0) is 19.5 Å². The molecule has 2 aromatic rings. The number of hydrogen-bond acceptors (Lipinski definition) is 4. The van der Waals surface area contributed by atoms with Crippen LogP contribution in [0, 0.1) is 0 Å². The minimum atomic E-state index is -0.103. The number of benzene rings is 1. The number of fused-ring (bicyclic) bond motifs is 1. The second kappa shape index (κ2) is 8.19. The van der Waals surface area contributed by atoms with Gasteiger partial charge in [0, 0.05) is 43.9 Å². The molecule has 0 aliphatic carbocycles. The molecule has 1 N–H and O–H groups in total. The van der Waals surface area contributed by atoms with Gasteiger partial charge in [-0.15, -0.1) is 6.58 Å². The molecule has 0 atom stereocenters. The summed E-state index contributed by atoms with van der Waals surface area (Å²) in [5.41, 5.74) is 3.82. The van der Waals surface area contributed by atoms with E-state index in [0.717, 1.165) is 48.6 Å². The number of carbonyl (C=O) groups is 1. The molecule has 0 radical (unpaired) electrons. The highest BCUT2D eigenvalue weighted by molar-refractivity contribution is 5.94. The molecule has 3 rings (SSSR count). The first-order valence-electron chi connectivity index (χ1n) is 8.99. The predicted molar refractivity (Wildman–Crippen MR) is 102 cm³/mol. The summed E-state index contributed by atoms with van der Waals surface area (Å²) in [5, 5.41) is 7.55. The molecule has 0 saturated heterocycles. The fourth-order valence-corrected chi connectivity index (χ4v) is 3.39. The van der Waals surface area contributed by atoms with Crippen LogP contribution in [0.5, 0.6) is 5.75 Å². The van der Waals surface area contributed by atoms with Crippen molar-refractivity contribution < 1.29 is 9.53 Å². The molecule has 0 bridgehead atoms. The Hall–Kier alpha value is -2.60. The smallest absolute Gasteiger partial charge is 0.272 e. The van der Waals surface area contributed by atoms with Gasteiger partial charge in [-0.1, -0.05) is 18.2 Å². The second-order valence-electron chi connectivity index (χ2n) is 6.42. The van der Waals surface area contributed by atoms with E-state index in [2.05, 4.69) is 28.0 Å². The zero-order valence-corrected chi connectivity index (χ0v) is 15.5. The van der Waals surface area contributed by atoms with Gasteiger partial charge in [-0.05, 0) is 24.6 Å². The van der Waals surface area contributed by atoms with Crippen LogP contribution in [0.25, 0.3) is 0 Å². The molecule has 26 heavy (non-hydrogen) atoms. The molecule has 0 unspecified atom stereocenters. The summed E-state index contributed by atoms with van der Waals surface area (Å²) >= 11 is 0. The minimum Gasteiger partial charge on any atom is -0.497 e. The summed E-state index contributed by atoms with van der Waals surface area (Å²) in [6.07, 6.45) is 2.77. The van der Waals surface area contributed by atoms with Crippen LogP contribution in [0.1, 0.15) is 34.2 Å². The monoisotopic (exact) mass is 354 g/mol. The molecular weight excluding hydrogens is 328 g/mol. The van der Waals surface area contributed by atoms with Crippen molar-refractivity contribution >= 4 is 5.91 Å². The first-order chi connectivity index (χ1) is 12.7. The number of methoxy groups -OCH3 is 1. The molecule has 2 heterocycles. The predicted octanol–water partition coefficient (Wildman–Crippen LogP) is 2.23. The summed E-state index contributed by atoms with van der Waals surface area (Å²) in [6.45, 7) is 9.44. The third-order valence-corrected chi connectivity index (χ3v) is 4.62. The van der Waals surface area contributed by atoms with Crippen molar-refractivity contribution in [3.8, 4) is 5.75 Å². The quantitative estimate of drug-likeness (QED) is 0.775. The van der Waals surface area contributed by atoms with Crippen molar-refractivity contribution in [2.45, 2.75) is 26.4 Å². The highest BCUT2D eigenvalue weighted by atomic mass is 16.5. The van der Waals surface area contributed by atoms with E-state index in [1.165, 1.54) is 0 Å². The van der Waals surface area contributed by atoms with Crippen molar-refractivity contribution in [2.75, 3.05) is 26.7 Å². The van der Waals surface area contributed by atoms with Crippen LogP contribution in [-0.4, -0.2) is 47.3 Å². The molecule has 1 aliphatic rings. The van der Waals surface area contributed by atoms with E-state index in [-0.39, 0.29) is 5.91 Å². The van der Waals surface area contributed by atoms with Crippen molar-refractivity contribution in [2.24, 2.45) is 0 Å². The van der Waals surface area contributed by atoms with E-state index in [1.54, 1.807) is 7.11 Å². The number of ether oxygens (including phenoxy) is 1. The van der Waals surface area contributed by atoms with Crippen molar-refractivity contribution in [1.82, 2.24) is 20.0 Å². The summed E-state index contributed by atoms with van der Waals surface area (Å²) in [5.74, 6) is 0.721.